The first-order chi connectivity index (χ1) is 10.8. The lowest BCUT2D eigenvalue weighted by molar-refractivity contribution is -0.130. The molecule has 0 saturated carbocycles. The summed E-state index contributed by atoms with van der Waals surface area (Å²) in [6.07, 6.45) is 3.46. The zero-order valence-corrected chi connectivity index (χ0v) is 15.4. The van der Waals surface area contributed by atoms with E-state index in [1.165, 1.54) is 0 Å². The van der Waals surface area contributed by atoms with Gasteiger partial charge < -0.3 is 14.7 Å². The SMILES string of the molecule is CCC(=O)N(C)CCCCC(=O)N(C)CCCN(CC)C(C)=O. The number of nitrogens with zero attached hydrogens (tertiary/aromatic N) is 3. The van der Waals surface area contributed by atoms with Crippen molar-refractivity contribution in [1.82, 2.24) is 14.7 Å². The second-order valence-electron chi connectivity index (χ2n) is 5.89. The Kier molecular flexibility index (Phi) is 11.1. The molecule has 0 aliphatic rings. The first-order valence-electron chi connectivity index (χ1n) is 8.56. The molecular formula is C17H33N3O3. The molecule has 0 aliphatic heterocycles. The maximum Gasteiger partial charge on any atom is 0.222 e. The fourth-order valence-electron chi connectivity index (χ4n) is 2.37. The topological polar surface area (TPSA) is 60.9 Å². The van der Waals surface area contributed by atoms with Crippen molar-refractivity contribution in [2.75, 3.05) is 40.3 Å². The van der Waals surface area contributed by atoms with Gasteiger partial charge >= 0.3 is 0 Å². The second-order valence-corrected chi connectivity index (χ2v) is 5.89. The molecule has 0 spiro atoms. The Hall–Kier alpha value is -1.59. The molecule has 0 fully saturated rings. The molecule has 0 N–H and O–H groups in total. The number of hydrogen-bond donors (Lipinski definition) is 0. The van der Waals surface area contributed by atoms with Crippen molar-refractivity contribution < 1.29 is 14.4 Å². The standard InChI is InChI=1S/C17H33N3O3/c1-6-16(22)18(4)12-9-8-11-17(23)19(5)13-10-14-20(7-2)15(3)21/h6-14H2,1-5H3. The van der Waals surface area contributed by atoms with E-state index in [1.54, 1.807) is 35.7 Å². The molecule has 23 heavy (non-hydrogen) atoms. The van der Waals surface area contributed by atoms with Gasteiger partial charge in [-0.2, -0.15) is 0 Å². The molecule has 0 aromatic carbocycles. The minimum absolute atomic E-state index is 0.0761. The zero-order chi connectivity index (χ0) is 17.8. The first kappa shape index (κ1) is 21.4. The molecule has 0 saturated heterocycles. The summed E-state index contributed by atoms with van der Waals surface area (Å²) in [6, 6.07) is 0. The van der Waals surface area contributed by atoms with Crippen LogP contribution in [0, 0.1) is 0 Å². The van der Waals surface area contributed by atoms with Gasteiger partial charge in [-0.05, 0) is 26.2 Å². The van der Waals surface area contributed by atoms with E-state index in [9.17, 15) is 14.4 Å². The van der Waals surface area contributed by atoms with Crippen molar-refractivity contribution >= 4 is 17.7 Å². The number of carbonyl (C=O) groups is 3. The Bertz CT molecular complexity index is 385. The third kappa shape index (κ3) is 9.21. The van der Waals surface area contributed by atoms with Gasteiger partial charge in [0.25, 0.3) is 0 Å². The molecule has 0 aromatic rings. The Morgan fingerprint density at radius 2 is 1.35 bits per heavy atom. The van der Waals surface area contributed by atoms with Gasteiger partial charge in [0.15, 0.2) is 0 Å². The highest BCUT2D eigenvalue weighted by Gasteiger charge is 2.11. The predicted octanol–water partition coefficient (Wildman–Crippen LogP) is 1.74. The van der Waals surface area contributed by atoms with Crippen LogP contribution in [0.25, 0.3) is 0 Å². The average Bonchev–Trinajstić information content (AvgIpc) is 2.53. The minimum atomic E-state index is 0.0761. The lowest BCUT2D eigenvalue weighted by atomic mass is 10.2. The molecule has 0 bridgehead atoms. The molecule has 0 rings (SSSR count). The van der Waals surface area contributed by atoms with Crippen LogP contribution in [0.2, 0.25) is 0 Å². The van der Waals surface area contributed by atoms with E-state index in [0.717, 1.165) is 19.3 Å². The first-order valence-corrected chi connectivity index (χ1v) is 8.56. The lowest BCUT2D eigenvalue weighted by Crippen LogP contribution is -2.33. The van der Waals surface area contributed by atoms with Crippen molar-refractivity contribution in [2.24, 2.45) is 0 Å². The summed E-state index contributed by atoms with van der Waals surface area (Å²) >= 11 is 0. The molecular weight excluding hydrogens is 294 g/mol. The van der Waals surface area contributed by atoms with Crippen LogP contribution in [-0.2, 0) is 14.4 Å². The molecule has 0 heterocycles. The lowest BCUT2D eigenvalue weighted by Gasteiger charge is -2.22. The maximum atomic E-state index is 12.0. The molecule has 0 aliphatic carbocycles. The van der Waals surface area contributed by atoms with E-state index in [2.05, 4.69) is 0 Å². The summed E-state index contributed by atoms with van der Waals surface area (Å²) in [5.74, 6) is 0.340. The number of amides is 3. The zero-order valence-electron chi connectivity index (χ0n) is 15.4. The van der Waals surface area contributed by atoms with Crippen molar-refractivity contribution in [3.8, 4) is 0 Å². The van der Waals surface area contributed by atoms with Gasteiger partial charge in [0.05, 0.1) is 0 Å². The van der Waals surface area contributed by atoms with Crippen LogP contribution < -0.4 is 0 Å². The van der Waals surface area contributed by atoms with E-state index >= 15 is 0 Å². The molecule has 3 amide bonds. The Morgan fingerprint density at radius 1 is 0.783 bits per heavy atom. The van der Waals surface area contributed by atoms with Crippen LogP contribution in [0.15, 0.2) is 0 Å². The normalized spacial score (nSPS) is 10.3. The number of carbonyl (C=O) groups excluding carboxylic acids is 3. The molecule has 0 unspecified atom stereocenters. The molecule has 0 radical (unpaired) electrons. The molecule has 6 heteroatoms. The number of hydrogen-bond acceptors (Lipinski definition) is 3. The van der Waals surface area contributed by atoms with Crippen molar-refractivity contribution in [2.45, 2.75) is 52.9 Å². The summed E-state index contributed by atoms with van der Waals surface area (Å²) in [5.41, 5.74) is 0. The van der Waals surface area contributed by atoms with Gasteiger partial charge in [0.1, 0.15) is 0 Å². The summed E-state index contributed by atoms with van der Waals surface area (Å²) in [7, 11) is 3.60. The third-order valence-corrected chi connectivity index (χ3v) is 4.04. The third-order valence-electron chi connectivity index (χ3n) is 4.04. The number of rotatable bonds is 11. The van der Waals surface area contributed by atoms with Gasteiger partial charge in [-0.15, -0.1) is 0 Å². The Morgan fingerprint density at radius 3 is 1.87 bits per heavy atom. The van der Waals surface area contributed by atoms with Crippen LogP contribution in [0.4, 0.5) is 0 Å². The summed E-state index contributed by atoms with van der Waals surface area (Å²) < 4.78 is 0. The summed E-state index contributed by atoms with van der Waals surface area (Å²) in [4.78, 5) is 40.0. The molecule has 6 nitrogen and oxygen atoms in total. The summed E-state index contributed by atoms with van der Waals surface area (Å²) in [6.45, 7) is 8.13. The van der Waals surface area contributed by atoms with Gasteiger partial charge in [-0.25, -0.2) is 0 Å². The van der Waals surface area contributed by atoms with E-state index in [4.69, 9.17) is 0 Å². The minimum Gasteiger partial charge on any atom is -0.346 e. The summed E-state index contributed by atoms with van der Waals surface area (Å²) in [5, 5.41) is 0. The van der Waals surface area contributed by atoms with Crippen molar-refractivity contribution in [3.63, 3.8) is 0 Å². The van der Waals surface area contributed by atoms with Gasteiger partial charge in [-0.3, -0.25) is 14.4 Å². The van der Waals surface area contributed by atoms with Crippen LogP contribution >= 0.6 is 0 Å². The molecule has 0 atom stereocenters. The van der Waals surface area contributed by atoms with E-state index in [0.29, 0.717) is 39.0 Å². The van der Waals surface area contributed by atoms with Crippen LogP contribution in [-0.4, -0.2) is 72.7 Å². The highest BCUT2D eigenvalue weighted by Crippen LogP contribution is 2.03. The highest BCUT2D eigenvalue weighted by molar-refractivity contribution is 5.76. The fourth-order valence-corrected chi connectivity index (χ4v) is 2.37. The van der Waals surface area contributed by atoms with Gasteiger partial charge in [0.2, 0.25) is 17.7 Å². The molecule has 134 valence electrons. The van der Waals surface area contributed by atoms with Crippen LogP contribution in [0.5, 0.6) is 0 Å². The maximum absolute atomic E-state index is 12.0. The van der Waals surface area contributed by atoms with Gasteiger partial charge in [0, 0.05) is 60.0 Å². The smallest absolute Gasteiger partial charge is 0.222 e. The highest BCUT2D eigenvalue weighted by atomic mass is 16.2. The van der Waals surface area contributed by atoms with Crippen molar-refractivity contribution in [3.05, 3.63) is 0 Å². The quantitative estimate of drug-likeness (QED) is 0.543. The molecule has 0 aromatic heterocycles. The van der Waals surface area contributed by atoms with Gasteiger partial charge in [-0.1, -0.05) is 6.92 Å². The van der Waals surface area contributed by atoms with Crippen molar-refractivity contribution in [1.29, 1.82) is 0 Å². The van der Waals surface area contributed by atoms with E-state index in [-0.39, 0.29) is 17.7 Å². The monoisotopic (exact) mass is 327 g/mol. The average molecular weight is 327 g/mol. The fraction of sp³-hybridized carbons (Fsp3) is 0.824. The second kappa shape index (κ2) is 11.9. The Labute approximate surface area is 140 Å². The largest absolute Gasteiger partial charge is 0.346 e. The number of unbranched alkanes of at least 4 members (excludes halogenated alkanes) is 1. The van der Waals surface area contributed by atoms with E-state index in [1.807, 2.05) is 13.8 Å². The predicted molar refractivity (Wildman–Crippen MR) is 92.0 cm³/mol. The van der Waals surface area contributed by atoms with Crippen LogP contribution in [0.3, 0.4) is 0 Å². The van der Waals surface area contributed by atoms with Crippen LogP contribution in [0.1, 0.15) is 52.9 Å². The van der Waals surface area contributed by atoms with E-state index < -0.39 is 0 Å². The Balaban J connectivity index is 3.86.